The standard InChI is InChI=1S/C56H42O12/c57-29-9-1-25(2-10-29)45-47-37(17-33(61)21-41(47)65)53-50-40(20-36(64)24-44(50)68-55(53)27-5-13-31(59)14-6-27)52-46(26-3-11-30(58)12-4-26)48-38(18-34(62)22-42(48)66)54-49-39(51(45)52)19-35(63)23-43(49)67-56(54)28-7-15-32(60)16-8-28/h1-24,45-46,51-66H/t45-,46-,51+,52?,53+,54-,55-,56+/m1/s1. The van der Waals surface area contributed by atoms with E-state index < -0.39 is 47.7 Å². The van der Waals surface area contributed by atoms with E-state index in [9.17, 15) is 51.1 Å². The van der Waals surface area contributed by atoms with Crippen molar-refractivity contribution >= 4 is 0 Å². The monoisotopic (exact) mass is 906 g/mol. The van der Waals surface area contributed by atoms with E-state index in [1.807, 2.05) is 0 Å². The molecule has 0 saturated carbocycles. The molecule has 8 atom stereocenters. The van der Waals surface area contributed by atoms with Crippen molar-refractivity contribution in [2.24, 2.45) is 0 Å². The second-order valence-electron chi connectivity index (χ2n) is 18.2. The van der Waals surface area contributed by atoms with Gasteiger partial charge in [-0.05, 0) is 117 Å². The maximum atomic E-state index is 12.6. The number of benzene rings is 8. The Morgan fingerprint density at radius 2 is 0.559 bits per heavy atom. The van der Waals surface area contributed by atoms with Crippen LogP contribution >= 0.6 is 0 Å². The SMILES string of the molecule is Oc1ccc([C@@H]2c3c(O)cc(O)cc3[C@@H]3c4c(cc(O)cc4[C@@H]4C2c2cc(O)cc5c2[C@H](c2cc(O)cc(O)c2[C@H]4c2ccc(O)cc2)[C@@H](c2ccc(O)cc2)O5)O[C@H]3c2ccc(O)cc2)cc1. The fourth-order valence-corrected chi connectivity index (χ4v) is 12.0. The van der Waals surface area contributed by atoms with Gasteiger partial charge in [0, 0.05) is 70.2 Å². The molecule has 8 aromatic rings. The van der Waals surface area contributed by atoms with E-state index >= 15 is 0 Å². The Bertz CT molecular complexity index is 3110. The molecule has 12 heteroatoms. The lowest BCUT2D eigenvalue weighted by Gasteiger charge is -2.46. The van der Waals surface area contributed by atoms with Gasteiger partial charge in [0.25, 0.3) is 0 Å². The van der Waals surface area contributed by atoms with Crippen LogP contribution in [0.4, 0.5) is 0 Å². The van der Waals surface area contributed by atoms with Gasteiger partial charge in [-0.1, -0.05) is 48.5 Å². The summed E-state index contributed by atoms with van der Waals surface area (Å²) < 4.78 is 13.8. The topological polar surface area (TPSA) is 221 Å². The predicted octanol–water partition coefficient (Wildman–Crippen LogP) is 10.4. The molecule has 4 aliphatic rings. The van der Waals surface area contributed by atoms with Crippen LogP contribution < -0.4 is 9.47 Å². The zero-order valence-electron chi connectivity index (χ0n) is 35.8. The Labute approximate surface area is 388 Å². The van der Waals surface area contributed by atoms with Gasteiger partial charge in [-0.15, -0.1) is 0 Å². The first-order chi connectivity index (χ1) is 32.8. The van der Waals surface area contributed by atoms with Crippen molar-refractivity contribution in [3.8, 4) is 69.0 Å². The Morgan fingerprint density at radius 1 is 0.265 bits per heavy atom. The zero-order valence-corrected chi connectivity index (χ0v) is 35.8. The van der Waals surface area contributed by atoms with Crippen molar-refractivity contribution in [2.45, 2.75) is 47.7 Å². The van der Waals surface area contributed by atoms with E-state index in [2.05, 4.69) is 0 Å². The lowest BCUT2D eigenvalue weighted by molar-refractivity contribution is 0.219. The minimum atomic E-state index is -0.934. The summed E-state index contributed by atoms with van der Waals surface area (Å²) in [4.78, 5) is 0. The number of ether oxygens (including phenoxy) is 2. The number of hydrogen-bond acceptors (Lipinski definition) is 12. The van der Waals surface area contributed by atoms with E-state index in [-0.39, 0.29) is 57.5 Å². The van der Waals surface area contributed by atoms with Crippen LogP contribution in [0.2, 0.25) is 0 Å². The molecular weight excluding hydrogens is 865 g/mol. The minimum Gasteiger partial charge on any atom is -0.508 e. The third kappa shape index (κ3) is 6.20. The average molecular weight is 907 g/mol. The number of hydrogen-bond donors (Lipinski definition) is 10. The van der Waals surface area contributed by atoms with Gasteiger partial charge < -0.3 is 60.5 Å². The first kappa shape index (κ1) is 40.8. The fraction of sp³-hybridized carbons (Fsp3) is 0.143. The van der Waals surface area contributed by atoms with Crippen molar-refractivity contribution in [1.82, 2.24) is 0 Å². The lowest BCUT2D eigenvalue weighted by Crippen LogP contribution is -2.33. The van der Waals surface area contributed by atoms with Gasteiger partial charge in [0.05, 0.1) is 11.8 Å². The van der Waals surface area contributed by atoms with Gasteiger partial charge >= 0.3 is 0 Å². The van der Waals surface area contributed by atoms with Gasteiger partial charge in [0.1, 0.15) is 81.2 Å². The third-order valence-electron chi connectivity index (χ3n) is 14.5. The summed E-state index contributed by atoms with van der Waals surface area (Å²) >= 11 is 0. The largest absolute Gasteiger partial charge is 0.508 e. The summed E-state index contributed by atoms with van der Waals surface area (Å²) in [6, 6.07) is 38.3. The van der Waals surface area contributed by atoms with Crippen molar-refractivity contribution < 1.29 is 60.5 Å². The van der Waals surface area contributed by atoms with E-state index in [0.717, 1.165) is 0 Å². The Balaban J connectivity index is 1.29. The van der Waals surface area contributed by atoms with Crippen LogP contribution in [0.5, 0.6) is 69.0 Å². The summed E-state index contributed by atoms with van der Waals surface area (Å²) in [7, 11) is 0. The van der Waals surface area contributed by atoms with Crippen LogP contribution in [0.1, 0.15) is 114 Å². The zero-order chi connectivity index (χ0) is 46.9. The molecule has 10 N–H and O–H groups in total. The number of rotatable bonds is 4. The normalized spacial score (nSPS) is 22.6. The van der Waals surface area contributed by atoms with Gasteiger partial charge in [-0.3, -0.25) is 0 Å². The van der Waals surface area contributed by atoms with Crippen molar-refractivity contribution in [1.29, 1.82) is 0 Å². The van der Waals surface area contributed by atoms with Crippen molar-refractivity contribution in [3.63, 3.8) is 0 Å². The maximum Gasteiger partial charge on any atom is 0.135 e. The molecule has 12 rings (SSSR count). The highest BCUT2D eigenvalue weighted by Crippen LogP contribution is 2.69. The molecule has 0 spiro atoms. The molecule has 0 fully saturated rings. The lowest BCUT2D eigenvalue weighted by atomic mass is 9.55. The molecule has 0 bridgehead atoms. The molecule has 12 nitrogen and oxygen atoms in total. The van der Waals surface area contributed by atoms with E-state index in [1.165, 1.54) is 48.5 Å². The van der Waals surface area contributed by atoms with Gasteiger partial charge in [-0.25, -0.2) is 0 Å². The van der Waals surface area contributed by atoms with E-state index in [4.69, 9.17) is 9.47 Å². The summed E-state index contributed by atoms with van der Waals surface area (Å²) in [6.07, 6.45) is -1.70. The highest BCUT2D eigenvalue weighted by Gasteiger charge is 2.55. The second-order valence-corrected chi connectivity index (χ2v) is 18.2. The number of phenols is 10. The molecule has 2 aliphatic heterocycles. The molecule has 338 valence electrons. The van der Waals surface area contributed by atoms with Crippen LogP contribution in [-0.2, 0) is 0 Å². The van der Waals surface area contributed by atoms with Crippen molar-refractivity contribution in [3.05, 3.63) is 212 Å². The van der Waals surface area contributed by atoms with E-state index in [0.29, 0.717) is 78.3 Å². The first-order valence-corrected chi connectivity index (χ1v) is 22.2. The maximum absolute atomic E-state index is 12.6. The van der Waals surface area contributed by atoms with Crippen LogP contribution in [0.25, 0.3) is 0 Å². The van der Waals surface area contributed by atoms with Crippen LogP contribution in [-0.4, -0.2) is 51.1 Å². The quantitative estimate of drug-likeness (QED) is 0.0797. The summed E-state index contributed by atoms with van der Waals surface area (Å²) in [6.45, 7) is 0. The number of aromatic hydroxyl groups is 10. The van der Waals surface area contributed by atoms with Gasteiger partial charge in [0.2, 0.25) is 0 Å². The number of phenolic OH excluding ortho intramolecular Hbond substituents is 10. The number of fused-ring (bicyclic) bond motifs is 7. The molecule has 68 heavy (non-hydrogen) atoms. The molecule has 2 aliphatic carbocycles. The summed E-state index contributed by atoms with van der Waals surface area (Å²) in [5.74, 6) is -6.01. The molecule has 1 unspecified atom stereocenters. The molecule has 0 saturated heterocycles. The minimum absolute atomic E-state index is 0.0236. The smallest absolute Gasteiger partial charge is 0.135 e. The molecular formula is C56H42O12. The Hall–Kier alpha value is -8.64. The fourth-order valence-electron chi connectivity index (χ4n) is 12.0. The predicted molar refractivity (Wildman–Crippen MR) is 248 cm³/mol. The highest BCUT2D eigenvalue weighted by molar-refractivity contribution is 5.71. The molecule has 0 aromatic heterocycles. The van der Waals surface area contributed by atoms with Crippen molar-refractivity contribution in [2.75, 3.05) is 0 Å². The van der Waals surface area contributed by atoms with Crippen LogP contribution in [0, 0.1) is 0 Å². The van der Waals surface area contributed by atoms with Gasteiger partial charge in [-0.2, -0.15) is 0 Å². The Morgan fingerprint density at radius 3 is 0.897 bits per heavy atom. The van der Waals surface area contributed by atoms with Crippen LogP contribution in [0.15, 0.2) is 146 Å². The third-order valence-corrected chi connectivity index (χ3v) is 14.5. The highest BCUT2D eigenvalue weighted by atomic mass is 16.5. The molecule has 8 aromatic carbocycles. The average Bonchev–Trinajstić information content (AvgIpc) is 3.87. The first-order valence-electron chi connectivity index (χ1n) is 22.2. The summed E-state index contributed by atoms with van der Waals surface area (Å²) in [5, 5.41) is 115. The molecule has 0 amide bonds. The molecule has 2 heterocycles. The summed E-state index contributed by atoms with van der Waals surface area (Å²) in [5.41, 5.74) is 6.51. The Kier molecular flexibility index (Phi) is 8.97. The second kappa shape index (κ2) is 14.9. The van der Waals surface area contributed by atoms with E-state index in [1.54, 1.807) is 97.1 Å². The van der Waals surface area contributed by atoms with Gasteiger partial charge in [0.15, 0.2) is 0 Å². The molecule has 0 radical (unpaired) electrons. The van der Waals surface area contributed by atoms with Crippen LogP contribution in [0.3, 0.4) is 0 Å².